The third kappa shape index (κ3) is 6.49. The van der Waals surface area contributed by atoms with Crippen molar-refractivity contribution in [2.75, 3.05) is 0 Å². The van der Waals surface area contributed by atoms with Crippen LogP contribution >= 0.6 is 47.1 Å². The summed E-state index contributed by atoms with van der Waals surface area (Å²) in [6.45, 7) is 27.4. The lowest BCUT2D eigenvalue weighted by Gasteiger charge is -2.29. The van der Waals surface area contributed by atoms with Crippen LogP contribution in [0.15, 0.2) is 52.0 Å². The van der Waals surface area contributed by atoms with Crippen molar-refractivity contribution >= 4 is 67.8 Å². The molecule has 2 heterocycles. The summed E-state index contributed by atoms with van der Waals surface area (Å²) in [7, 11) is 1.92. The van der Waals surface area contributed by atoms with Crippen molar-refractivity contribution < 1.29 is 0 Å². The van der Waals surface area contributed by atoms with E-state index in [1.807, 2.05) is 22.3 Å². The van der Waals surface area contributed by atoms with Crippen LogP contribution in [-0.2, 0) is 10.8 Å². The minimum atomic E-state index is 0.0526. The van der Waals surface area contributed by atoms with Crippen LogP contribution in [0.1, 0.15) is 98.4 Å². The van der Waals surface area contributed by atoms with E-state index in [2.05, 4.69) is 120 Å². The van der Waals surface area contributed by atoms with Crippen molar-refractivity contribution in [1.82, 2.24) is 0 Å². The Hall–Kier alpha value is -1.07. The Morgan fingerprint density at radius 2 is 1.28 bits per heavy atom. The summed E-state index contributed by atoms with van der Waals surface area (Å²) in [6.07, 6.45) is 9.02. The van der Waals surface area contributed by atoms with Gasteiger partial charge >= 0.3 is 0 Å². The minimum Gasteiger partial charge on any atom is -0.144 e. The van der Waals surface area contributed by atoms with Gasteiger partial charge in [0.05, 0.1) is 4.86 Å². The molecule has 0 aromatic carbocycles. The highest BCUT2D eigenvalue weighted by molar-refractivity contribution is 7.99. The molecule has 1 aliphatic heterocycles. The quantitative estimate of drug-likeness (QED) is 0.164. The van der Waals surface area contributed by atoms with Crippen molar-refractivity contribution in [1.29, 1.82) is 0 Å². The molecule has 0 N–H and O–H groups in total. The molecule has 3 rings (SSSR count). The molecule has 194 valence electrons. The monoisotopic (exact) mass is 555 g/mol. The maximum Gasteiger partial charge on any atom is 0.219 e. The van der Waals surface area contributed by atoms with E-state index in [-0.39, 0.29) is 21.7 Å². The van der Waals surface area contributed by atoms with Crippen molar-refractivity contribution in [3.63, 3.8) is 0 Å². The maximum atomic E-state index is 5.94. The molecule has 36 heavy (non-hydrogen) atoms. The summed E-state index contributed by atoms with van der Waals surface area (Å²) in [5.41, 5.74) is 4.98. The van der Waals surface area contributed by atoms with Crippen molar-refractivity contribution in [3.05, 3.63) is 67.3 Å². The molecule has 2 aliphatic rings. The van der Waals surface area contributed by atoms with E-state index < -0.39 is 0 Å². The second kappa shape index (κ2) is 9.91. The van der Waals surface area contributed by atoms with Crippen LogP contribution in [-0.4, -0.2) is 14.6 Å². The predicted molar refractivity (Wildman–Crippen MR) is 176 cm³/mol. The van der Waals surface area contributed by atoms with E-state index in [0.29, 0.717) is 0 Å². The molecule has 0 radical (unpaired) electrons. The summed E-state index contributed by atoms with van der Waals surface area (Å²) in [5.74, 6) is 0. The van der Waals surface area contributed by atoms with Gasteiger partial charge in [0.2, 0.25) is 21.1 Å². The summed E-state index contributed by atoms with van der Waals surface area (Å²) in [5, 5.41) is 0. The van der Waals surface area contributed by atoms with Crippen LogP contribution in [0.2, 0.25) is 0 Å². The van der Waals surface area contributed by atoms with E-state index in [1.54, 1.807) is 0 Å². The molecule has 0 amide bonds. The van der Waals surface area contributed by atoms with E-state index >= 15 is 0 Å². The normalized spacial score (nSPS) is 19.9. The van der Waals surface area contributed by atoms with Gasteiger partial charge in [0, 0.05) is 48.7 Å². The molecular formula is C32H43S4+. The lowest BCUT2D eigenvalue weighted by atomic mass is 9.82. The van der Waals surface area contributed by atoms with Gasteiger partial charge < -0.3 is 0 Å². The Kier molecular flexibility index (Phi) is 8.12. The number of allylic oxidation sites excluding steroid dienone is 6. The Morgan fingerprint density at radius 1 is 0.750 bits per heavy atom. The first kappa shape index (κ1) is 29.5. The molecule has 0 nitrogen and oxygen atoms in total. The molecule has 1 aromatic heterocycles. The fraction of sp³-hybridized carbons (Fsp3) is 0.500. The summed E-state index contributed by atoms with van der Waals surface area (Å²) in [4.78, 5) is 7.46. The third-order valence-electron chi connectivity index (χ3n) is 6.21. The van der Waals surface area contributed by atoms with E-state index in [4.69, 9.17) is 24.8 Å². The Balaban J connectivity index is 2.09. The van der Waals surface area contributed by atoms with Gasteiger partial charge in [0.25, 0.3) is 0 Å². The van der Waals surface area contributed by atoms with Crippen LogP contribution in [0.25, 0.3) is 6.08 Å². The van der Waals surface area contributed by atoms with Gasteiger partial charge in [-0.15, -0.1) is 23.6 Å². The number of thiocarbonyl (C=S) groups is 1. The summed E-state index contributed by atoms with van der Waals surface area (Å²) in [6, 6.07) is 4.64. The highest BCUT2D eigenvalue weighted by Crippen LogP contribution is 2.41. The van der Waals surface area contributed by atoms with Gasteiger partial charge in [0.1, 0.15) is 0 Å². The van der Waals surface area contributed by atoms with Gasteiger partial charge in [-0.3, -0.25) is 0 Å². The molecule has 1 aliphatic carbocycles. The Morgan fingerprint density at radius 3 is 1.69 bits per heavy atom. The smallest absolute Gasteiger partial charge is 0.144 e. The molecule has 4 heteroatoms. The number of thiol groups is 1. The lowest BCUT2D eigenvalue weighted by molar-refractivity contribution is 0.593. The number of hydrogen-bond donors (Lipinski definition) is 1. The fourth-order valence-corrected chi connectivity index (χ4v) is 7.20. The topological polar surface area (TPSA) is 0 Å². The Bertz CT molecular complexity index is 1260. The maximum absolute atomic E-state index is 5.94. The zero-order valence-electron chi connectivity index (χ0n) is 24.1. The van der Waals surface area contributed by atoms with Crippen molar-refractivity contribution in [2.24, 2.45) is 10.8 Å². The highest BCUT2D eigenvalue weighted by atomic mass is 32.1. The van der Waals surface area contributed by atoms with Gasteiger partial charge in [0.15, 0.2) is 0 Å². The van der Waals surface area contributed by atoms with E-state index in [0.717, 1.165) is 20.9 Å². The molecule has 0 bridgehead atoms. The predicted octanol–water partition coefficient (Wildman–Crippen LogP) is 10.2. The number of hydrogen-bond acceptors (Lipinski definition) is 2. The van der Waals surface area contributed by atoms with Crippen LogP contribution < -0.4 is 0 Å². The van der Waals surface area contributed by atoms with E-state index in [1.165, 1.54) is 30.6 Å². The molecule has 0 saturated carbocycles. The van der Waals surface area contributed by atoms with Gasteiger partial charge in [-0.1, -0.05) is 101 Å². The van der Waals surface area contributed by atoms with Crippen molar-refractivity contribution in [2.45, 2.75) is 93.9 Å². The number of rotatable bonds is 2. The summed E-state index contributed by atoms with van der Waals surface area (Å²) >= 11 is 12.8. The second-order valence-electron chi connectivity index (χ2n) is 14.0. The van der Waals surface area contributed by atoms with Gasteiger partial charge in [-0.2, -0.15) is 0 Å². The first-order chi connectivity index (χ1) is 16.2. The third-order valence-corrected chi connectivity index (χ3v) is 11.1. The van der Waals surface area contributed by atoms with Crippen LogP contribution in [0, 0.1) is 10.8 Å². The molecule has 0 unspecified atom stereocenters. The second-order valence-corrected chi connectivity index (χ2v) is 17.0. The highest BCUT2D eigenvalue weighted by Gasteiger charge is 2.33. The van der Waals surface area contributed by atoms with Crippen LogP contribution in [0.3, 0.4) is 0 Å². The average Bonchev–Trinajstić information content (AvgIpc) is 2.72. The fourth-order valence-electron chi connectivity index (χ4n) is 3.92. The average molecular weight is 556 g/mol. The SMILES string of the molecule is CC(C)(C)C1=S=C(C(C)(C)C)/C(=C/C2=C(S)C(=Cc3cc(C(C)(C)C)[s+]c(C(C)(C)C)c3)C2=S)C=C1. The zero-order chi connectivity index (χ0) is 27.4. The first-order valence-corrected chi connectivity index (χ1v) is 15.2. The first-order valence-electron chi connectivity index (χ1n) is 12.7. The molecular weight excluding hydrogens is 513 g/mol. The zero-order valence-corrected chi connectivity index (χ0v) is 27.5. The molecule has 1 aromatic rings. The van der Waals surface area contributed by atoms with Crippen LogP contribution in [0.5, 0.6) is 0 Å². The van der Waals surface area contributed by atoms with Gasteiger partial charge in [-0.05, 0) is 40.2 Å². The van der Waals surface area contributed by atoms with Gasteiger partial charge in [-0.25, -0.2) is 0 Å². The largest absolute Gasteiger partial charge is 0.219 e. The standard InChI is InChI=1S/C32H42S4/c1-29(2,3)23-14-13-20(28(36-23)32(10,11)12)18-22-26(33)21(27(22)34)15-19-16-24(30(4,5)6)35-25(17-19)31(7,8)9/h13-18H,1-12H3/p+1/b20-18+. The summed E-state index contributed by atoms with van der Waals surface area (Å²) < 4.78 is 0. The van der Waals surface area contributed by atoms with Crippen molar-refractivity contribution in [3.8, 4) is 0 Å². The minimum absolute atomic E-state index is 0.0526. The molecule has 0 spiro atoms. The van der Waals surface area contributed by atoms with Crippen LogP contribution in [0.4, 0.5) is 0 Å². The molecule has 0 fully saturated rings. The van der Waals surface area contributed by atoms with E-state index in [9.17, 15) is 0 Å². The lowest BCUT2D eigenvalue weighted by Crippen LogP contribution is -2.26. The Labute approximate surface area is 238 Å². The molecule has 0 atom stereocenters. The molecule has 0 saturated heterocycles.